The lowest BCUT2D eigenvalue weighted by Gasteiger charge is -2.21. The van der Waals surface area contributed by atoms with Crippen LogP contribution in [0.3, 0.4) is 0 Å². The number of esters is 1. The molecule has 0 bridgehead atoms. The highest BCUT2D eigenvalue weighted by Gasteiger charge is 2.33. The summed E-state index contributed by atoms with van der Waals surface area (Å²) in [7, 11) is 0. The molecule has 0 unspecified atom stereocenters. The fraction of sp³-hybridized carbons (Fsp3) is 0.222. The summed E-state index contributed by atoms with van der Waals surface area (Å²) in [5.41, 5.74) is 1.50. The second kappa shape index (κ2) is 6.96. The van der Waals surface area contributed by atoms with Gasteiger partial charge in [-0.25, -0.2) is 9.59 Å². The van der Waals surface area contributed by atoms with E-state index in [2.05, 4.69) is 0 Å². The third-order valence-corrected chi connectivity index (χ3v) is 3.69. The summed E-state index contributed by atoms with van der Waals surface area (Å²) in [6.07, 6.45) is -0.380. The van der Waals surface area contributed by atoms with Gasteiger partial charge >= 0.3 is 12.1 Å². The first-order valence-corrected chi connectivity index (χ1v) is 7.43. The second-order valence-electron chi connectivity index (χ2n) is 5.31. The summed E-state index contributed by atoms with van der Waals surface area (Å²) < 4.78 is 10.4. The van der Waals surface area contributed by atoms with E-state index in [1.807, 2.05) is 36.4 Å². The average Bonchev–Trinajstić information content (AvgIpc) is 2.94. The van der Waals surface area contributed by atoms with Crippen molar-refractivity contribution in [3.8, 4) is 0 Å². The van der Waals surface area contributed by atoms with Crippen molar-refractivity contribution in [3.05, 3.63) is 71.8 Å². The summed E-state index contributed by atoms with van der Waals surface area (Å²) in [6, 6.07) is 18.2. The molecule has 0 N–H and O–H groups in total. The zero-order chi connectivity index (χ0) is 16.1. The molecular weight excluding hydrogens is 294 g/mol. The molecule has 0 spiro atoms. The second-order valence-corrected chi connectivity index (χ2v) is 5.31. The molecule has 0 radical (unpaired) electrons. The number of hydrogen-bond donors (Lipinski definition) is 0. The van der Waals surface area contributed by atoms with Crippen LogP contribution >= 0.6 is 0 Å². The molecule has 1 heterocycles. The van der Waals surface area contributed by atoms with Crippen molar-refractivity contribution < 1.29 is 19.1 Å². The van der Waals surface area contributed by atoms with E-state index >= 15 is 0 Å². The molecule has 118 valence electrons. The molecule has 1 aliphatic rings. The van der Waals surface area contributed by atoms with E-state index in [0.29, 0.717) is 12.1 Å². The zero-order valence-corrected chi connectivity index (χ0v) is 12.6. The molecule has 2 aromatic carbocycles. The first kappa shape index (κ1) is 15.1. The van der Waals surface area contributed by atoms with Crippen molar-refractivity contribution in [2.24, 2.45) is 0 Å². The molecule has 1 atom stereocenters. The van der Waals surface area contributed by atoms with Crippen LogP contribution < -0.4 is 0 Å². The molecule has 1 aliphatic heterocycles. The van der Waals surface area contributed by atoms with Crippen LogP contribution in [0.4, 0.5) is 4.79 Å². The Morgan fingerprint density at radius 3 is 2.43 bits per heavy atom. The normalized spacial score (nSPS) is 17.0. The summed E-state index contributed by atoms with van der Waals surface area (Å²) in [5, 5.41) is 0. The van der Waals surface area contributed by atoms with Crippen LogP contribution in [0.25, 0.3) is 0 Å². The van der Waals surface area contributed by atoms with Gasteiger partial charge in [0.2, 0.25) is 0 Å². The third-order valence-electron chi connectivity index (χ3n) is 3.69. The van der Waals surface area contributed by atoms with E-state index in [4.69, 9.17) is 9.47 Å². The minimum Gasteiger partial charge on any atom is -0.460 e. The van der Waals surface area contributed by atoms with Crippen LogP contribution in [-0.2, 0) is 16.0 Å². The van der Waals surface area contributed by atoms with Gasteiger partial charge in [-0.3, -0.25) is 4.90 Å². The first-order chi connectivity index (χ1) is 11.2. The van der Waals surface area contributed by atoms with E-state index < -0.39 is 5.97 Å². The van der Waals surface area contributed by atoms with Crippen molar-refractivity contribution in [2.45, 2.75) is 12.6 Å². The average molecular weight is 311 g/mol. The fourth-order valence-corrected chi connectivity index (χ4v) is 2.43. The Kier molecular flexibility index (Phi) is 4.57. The number of hydrogen-bond acceptors (Lipinski definition) is 4. The number of amides is 1. The Hall–Kier alpha value is -2.82. The van der Waals surface area contributed by atoms with Gasteiger partial charge in [0.1, 0.15) is 19.3 Å². The van der Waals surface area contributed by atoms with Crippen LogP contribution in [0, 0.1) is 0 Å². The molecule has 0 saturated carbocycles. The molecule has 1 amide bonds. The zero-order valence-electron chi connectivity index (χ0n) is 12.6. The van der Waals surface area contributed by atoms with Gasteiger partial charge in [-0.15, -0.1) is 0 Å². The summed E-state index contributed by atoms with van der Waals surface area (Å²) in [4.78, 5) is 25.4. The molecule has 1 fully saturated rings. The number of benzene rings is 2. The SMILES string of the molecule is O=C(OC[C@H]1COC(=O)N1Cc1ccccc1)c1ccccc1. The maximum atomic E-state index is 12.0. The number of carbonyl (C=O) groups excluding carboxylic acids is 2. The Bertz CT molecular complexity index is 672. The van der Waals surface area contributed by atoms with Gasteiger partial charge in [0, 0.05) is 6.54 Å². The number of cyclic esters (lactones) is 1. The monoisotopic (exact) mass is 311 g/mol. The van der Waals surface area contributed by atoms with Crippen LogP contribution in [0.5, 0.6) is 0 Å². The Balaban J connectivity index is 1.60. The molecule has 5 nitrogen and oxygen atoms in total. The topological polar surface area (TPSA) is 55.8 Å². The molecule has 23 heavy (non-hydrogen) atoms. The maximum absolute atomic E-state index is 12.0. The lowest BCUT2D eigenvalue weighted by atomic mass is 10.2. The Morgan fingerprint density at radius 1 is 1.09 bits per heavy atom. The molecular formula is C18H17NO4. The van der Waals surface area contributed by atoms with Crippen LogP contribution in [0.1, 0.15) is 15.9 Å². The van der Waals surface area contributed by atoms with Gasteiger partial charge in [-0.05, 0) is 17.7 Å². The quantitative estimate of drug-likeness (QED) is 0.797. The smallest absolute Gasteiger partial charge is 0.410 e. The minimum absolute atomic E-state index is 0.117. The van der Waals surface area contributed by atoms with E-state index in [-0.39, 0.29) is 25.3 Å². The van der Waals surface area contributed by atoms with Crippen molar-refractivity contribution in [2.75, 3.05) is 13.2 Å². The van der Waals surface area contributed by atoms with E-state index in [1.54, 1.807) is 29.2 Å². The Labute approximate surface area is 134 Å². The van der Waals surface area contributed by atoms with E-state index in [1.165, 1.54) is 0 Å². The van der Waals surface area contributed by atoms with Gasteiger partial charge < -0.3 is 9.47 Å². The summed E-state index contributed by atoms with van der Waals surface area (Å²) in [5.74, 6) is -0.399. The van der Waals surface area contributed by atoms with Crippen molar-refractivity contribution in [1.82, 2.24) is 4.90 Å². The molecule has 1 saturated heterocycles. The Morgan fingerprint density at radius 2 is 1.74 bits per heavy atom. The number of nitrogens with zero attached hydrogens (tertiary/aromatic N) is 1. The van der Waals surface area contributed by atoms with Crippen molar-refractivity contribution in [3.63, 3.8) is 0 Å². The predicted molar refractivity (Wildman–Crippen MR) is 83.8 cm³/mol. The van der Waals surface area contributed by atoms with E-state index in [0.717, 1.165) is 5.56 Å². The highest BCUT2D eigenvalue weighted by Crippen LogP contribution is 2.17. The maximum Gasteiger partial charge on any atom is 0.410 e. The van der Waals surface area contributed by atoms with Gasteiger partial charge in [0.25, 0.3) is 0 Å². The first-order valence-electron chi connectivity index (χ1n) is 7.43. The molecule has 0 aromatic heterocycles. The highest BCUT2D eigenvalue weighted by atomic mass is 16.6. The highest BCUT2D eigenvalue weighted by molar-refractivity contribution is 5.89. The van der Waals surface area contributed by atoms with Gasteiger partial charge in [0.15, 0.2) is 0 Å². The number of ether oxygens (including phenoxy) is 2. The standard InChI is InChI=1S/C18H17NO4/c20-17(15-9-5-2-6-10-15)22-12-16-13-23-18(21)19(16)11-14-7-3-1-4-8-14/h1-10,16H,11-13H2/t16-/m0/s1. The largest absolute Gasteiger partial charge is 0.460 e. The van der Waals surface area contributed by atoms with Crippen LogP contribution in [-0.4, -0.2) is 36.2 Å². The molecule has 0 aliphatic carbocycles. The van der Waals surface area contributed by atoms with Crippen molar-refractivity contribution in [1.29, 1.82) is 0 Å². The van der Waals surface area contributed by atoms with Crippen LogP contribution in [0.2, 0.25) is 0 Å². The fourth-order valence-electron chi connectivity index (χ4n) is 2.43. The van der Waals surface area contributed by atoms with E-state index in [9.17, 15) is 9.59 Å². The number of carbonyl (C=O) groups is 2. The summed E-state index contributed by atoms with van der Waals surface area (Å²) >= 11 is 0. The molecule has 3 rings (SSSR count). The van der Waals surface area contributed by atoms with Gasteiger partial charge in [-0.1, -0.05) is 48.5 Å². The minimum atomic E-state index is -0.399. The predicted octanol–water partition coefficient (Wildman–Crippen LogP) is 2.86. The lowest BCUT2D eigenvalue weighted by molar-refractivity contribution is 0.0414. The van der Waals surface area contributed by atoms with Crippen LogP contribution in [0.15, 0.2) is 60.7 Å². The molecule has 2 aromatic rings. The lowest BCUT2D eigenvalue weighted by Crippen LogP contribution is -2.37. The van der Waals surface area contributed by atoms with Crippen molar-refractivity contribution >= 4 is 12.1 Å². The number of rotatable bonds is 5. The van der Waals surface area contributed by atoms with Gasteiger partial charge in [0.05, 0.1) is 5.56 Å². The molecule has 5 heteroatoms. The summed E-state index contributed by atoms with van der Waals surface area (Å²) in [6.45, 7) is 0.785. The third kappa shape index (κ3) is 3.69. The van der Waals surface area contributed by atoms with Gasteiger partial charge in [-0.2, -0.15) is 0 Å².